The third kappa shape index (κ3) is 5.64. The van der Waals surface area contributed by atoms with Gasteiger partial charge in [-0.3, -0.25) is 4.79 Å². The fourth-order valence-electron chi connectivity index (χ4n) is 1.43. The molecule has 0 saturated heterocycles. The molecule has 106 valence electrons. The molecule has 1 heterocycles. The van der Waals surface area contributed by atoms with Crippen LogP contribution in [-0.2, 0) is 4.74 Å². The van der Waals surface area contributed by atoms with Crippen molar-refractivity contribution in [2.24, 2.45) is 5.84 Å². The van der Waals surface area contributed by atoms with Gasteiger partial charge in [-0.05, 0) is 19.2 Å². The van der Waals surface area contributed by atoms with Crippen molar-refractivity contribution >= 4 is 11.7 Å². The van der Waals surface area contributed by atoms with Gasteiger partial charge in [-0.15, -0.1) is 0 Å². The third-order valence-electron chi connectivity index (χ3n) is 2.63. The summed E-state index contributed by atoms with van der Waals surface area (Å²) in [6.45, 7) is 2.87. The van der Waals surface area contributed by atoms with Crippen LogP contribution >= 0.6 is 0 Å². The fourth-order valence-corrected chi connectivity index (χ4v) is 1.43. The van der Waals surface area contributed by atoms with Crippen molar-refractivity contribution in [3.05, 3.63) is 23.9 Å². The van der Waals surface area contributed by atoms with E-state index >= 15 is 0 Å². The molecule has 7 heteroatoms. The predicted molar refractivity (Wildman–Crippen MR) is 73.8 cm³/mol. The van der Waals surface area contributed by atoms with Crippen molar-refractivity contribution in [1.29, 1.82) is 0 Å². The molecule has 0 atom stereocenters. The Labute approximate surface area is 113 Å². The van der Waals surface area contributed by atoms with Crippen LogP contribution in [0.25, 0.3) is 0 Å². The second-order valence-corrected chi connectivity index (χ2v) is 4.13. The number of rotatable bonds is 8. The van der Waals surface area contributed by atoms with Crippen LogP contribution in [0.15, 0.2) is 18.3 Å². The summed E-state index contributed by atoms with van der Waals surface area (Å²) in [4.78, 5) is 17.9. The first-order chi connectivity index (χ1) is 9.17. The van der Waals surface area contributed by atoms with Gasteiger partial charge < -0.3 is 20.4 Å². The van der Waals surface area contributed by atoms with E-state index in [1.807, 2.05) is 7.05 Å². The topological polar surface area (TPSA) is 92.5 Å². The Morgan fingerprint density at radius 2 is 2.26 bits per heavy atom. The number of nitrogens with two attached hydrogens (primary N) is 1. The summed E-state index contributed by atoms with van der Waals surface area (Å²) in [6, 6.07) is 3.33. The lowest BCUT2D eigenvalue weighted by molar-refractivity contribution is 0.0947. The number of ether oxygens (including phenoxy) is 1. The Morgan fingerprint density at radius 3 is 2.84 bits per heavy atom. The quantitative estimate of drug-likeness (QED) is 0.441. The number of nitrogens with zero attached hydrogens (tertiary/aromatic N) is 2. The lowest BCUT2D eigenvalue weighted by Crippen LogP contribution is -2.34. The second-order valence-electron chi connectivity index (χ2n) is 4.13. The van der Waals surface area contributed by atoms with Crippen LogP contribution in [-0.4, -0.2) is 56.2 Å². The molecular weight excluding hydrogens is 246 g/mol. The van der Waals surface area contributed by atoms with E-state index in [9.17, 15) is 4.79 Å². The third-order valence-corrected chi connectivity index (χ3v) is 2.63. The molecule has 0 aliphatic heterocycles. The number of hydrogen-bond donors (Lipinski definition) is 3. The average molecular weight is 267 g/mol. The van der Waals surface area contributed by atoms with E-state index in [0.29, 0.717) is 24.5 Å². The fraction of sp³-hybridized carbons (Fsp3) is 0.500. The van der Waals surface area contributed by atoms with Crippen molar-refractivity contribution in [2.75, 3.05) is 45.8 Å². The Hall–Kier alpha value is -1.70. The number of hydrogen-bond acceptors (Lipinski definition) is 6. The van der Waals surface area contributed by atoms with Crippen molar-refractivity contribution in [3.8, 4) is 0 Å². The standard InChI is InChI=1S/C12H21N5O2/c1-17(7-8-19-2)6-5-14-12(18)10-3-4-11(16-13)15-9-10/h3-4,9H,5-8,13H2,1-2H3,(H,14,18)(H,15,16). The molecule has 1 aromatic heterocycles. The molecule has 1 amide bonds. The molecule has 7 nitrogen and oxygen atoms in total. The number of carbonyl (C=O) groups is 1. The minimum absolute atomic E-state index is 0.142. The summed E-state index contributed by atoms with van der Waals surface area (Å²) in [7, 11) is 3.65. The van der Waals surface area contributed by atoms with Gasteiger partial charge in [0.25, 0.3) is 5.91 Å². The van der Waals surface area contributed by atoms with Gasteiger partial charge in [-0.25, -0.2) is 10.8 Å². The van der Waals surface area contributed by atoms with Crippen molar-refractivity contribution in [3.63, 3.8) is 0 Å². The maximum Gasteiger partial charge on any atom is 0.252 e. The highest BCUT2D eigenvalue weighted by Gasteiger charge is 2.06. The molecule has 0 bridgehead atoms. The van der Waals surface area contributed by atoms with Gasteiger partial charge in [0.1, 0.15) is 5.82 Å². The molecule has 4 N–H and O–H groups in total. The van der Waals surface area contributed by atoms with Crippen LogP contribution < -0.4 is 16.6 Å². The lowest BCUT2D eigenvalue weighted by atomic mass is 10.2. The molecule has 0 fully saturated rings. The molecule has 0 spiro atoms. The van der Waals surface area contributed by atoms with Crippen LogP contribution in [0.4, 0.5) is 5.82 Å². The van der Waals surface area contributed by atoms with Gasteiger partial charge in [-0.2, -0.15) is 0 Å². The summed E-state index contributed by atoms with van der Waals surface area (Å²) in [5.74, 6) is 5.58. The number of anilines is 1. The van der Waals surface area contributed by atoms with E-state index < -0.39 is 0 Å². The highest BCUT2D eigenvalue weighted by Crippen LogP contribution is 2.02. The number of methoxy groups -OCH3 is 1. The molecule has 19 heavy (non-hydrogen) atoms. The second kappa shape index (κ2) is 8.41. The number of nitrogen functional groups attached to an aromatic ring is 1. The summed E-state index contributed by atoms with van der Waals surface area (Å²) < 4.78 is 4.98. The molecule has 1 aromatic rings. The van der Waals surface area contributed by atoms with Gasteiger partial charge in [0.2, 0.25) is 0 Å². The minimum Gasteiger partial charge on any atom is -0.383 e. The smallest absolute Gasteiger partial charge is 0.252 e. The molecular formula is C12H21N5O2. The molecule has 0 saturated carbocycles. The van der Waals surface area contributed by atoms with Gasteiger partial charge in [0.05, 0.1) is 12.2 Å². The zero-order valence-corrected chi connectivity index (χ0v) is 11.3. The summed E-state index contributed by atoms with van der Waals surface area (Å²) in [6.07, 6.45) is 1.49. The number of carbonyl (C=O) groups excluding carboxylic acids is 1. The summed E-state index contributed by atoms with van der Waals surface area (Å²) in [5.41, 5.74) is 2.92. The molecule has 0 aliphatic carbocycles. The number of likely N-dealkylation sites (N-methyl/N-ethyl adjacent to an activating group) is 1. The first-order valence-electron chi connectivity index (χ1n) is 6.05. The lowest BCUT2D eigenvalue weighted by Gasteiger charge is -2.16. The maximum atomic E-state index is 11.8. The van der Waals surface area contributed by atoms with Crippen LogP contribution in [0.1, 0.15) is 10.4 Å². The summed E-state index contributed by atoms with van der Waals surface area (Å²) >= 11 is 0. The molecule has 0 aromatic carbocycles. The van der Waals surface area contributed by atoms with Crippen LogP contribution in [0, 0.1) is 0 Å². The van der Waals surface area contributed by atoms with Gasteiger partial charge in [0.15, 0.2) is 0 Å². The first-order valence-corrected chi connectivity index (χ1v) is 6.05. The van der Waals surface area contributed by atoms with Crippen molar-refractivity contribution in [2.45, 2.75) is 0 Å². The molecule has 0 aliphatic rings. The van der Waals surface area contributed by atoms with Crippen LogP contribution in [0.3, 0.4) is 0 Å². The number of amides is 1. The Bertz CT molecular complexity index is 382. The van der Waals surface area contributed by atoms with E-state index in [-0.39, 0.29) is 5.91 Å². The number of pyridine rings is 1. The van der Waals surface area contributed by atoms with E-state index in [4.69, 9.17) is 10.6 Å². The van der Waals surface area contributed by atoms with Crippen LogP contribution in [0.2, 0.25) is 0 Å². The number of hydrazine groups is 1. The maximum absolute atomic E-state index is 11.8. The summed E-state index contributed by atoms with van der Waals surface area (Å²) in [5, 5.41) is 2.83. The largest absolute Gasteiger partial charge is 0.383 e. The van der Waals surface area contributed by atoms with E-state index in [2.05, 4.69) is 20.6 Å². The van der Waals surface area contributed by atoms with Gasteiger partial charge in [-0.1, -0.05) is 0 Å². The molecule has 0 unspecified atom stereocenters. The first kappa shape index (κ1) is 15.4. The van der Waals surface area contributed by atoms with Crippen molar-refractivity contribution < 1.29 is 9.53 Å². The predicted octanol–water partition coefficient (Wildman–Crippen LogP) is -0.325. The van der Waals surface area contributed by atoms with E-state index in [0.717, 1.165) is 13.1 Å². The Morgan fingerprint density at radius 1 is 1.47 bits per heavy atom. The normalized spacial score (nSPS) is 10.5. The van der Waals surface area contributed by atoms with Crippen molar-refractivity contribution in [1.82, 2.24) is 15.2 Å². The number of aromatic nitrogens is 1. The highest BCUT2D eigenvalue weighted by molar-refractivity contribution is 5.94. The monoisotopic (exact) mass is 267 g/mol. The van der Waals surface area contributed by atoms with E-state index in [1.165, 1.54) is 6.20 Å². The van der Waals surface area contributed by atoms with Gasteiger partial charge in [0, 0.05) is 32.9 Å². The average Bonchev–Trinajstić information content (AvgIpc) is 2.45. The zero-order chi connectivity index (χ0) is 14.1. The SMILES string of the molecule is COCCN(C)CCNC(=O)c1ccc(NN)nc1. The minimum atomic E-state index is -0.142. The number of nitrogens with one attached hydrogen (secondary N) is 2. The Kier molecular flexibility index (Phi) is 6.80. The molecule has 1 rings (SSSR count). The molecule has 0 radical (unpaired) electrons. The van der Waals surface area contributed by atoms with Gasteiger partial charge >= 0.3 is 0 Å². The zero-order valence-electron chi connectivity index (χ0n) is 11.3. The van der Waals surface area contributed by atoms with Crippen LogP contribution in [0.5, 0.6) is 0 Å². The van der Waals surface area contributed by atoms with E-state index in [1.54, 1.807) is 19.2 Å². The Balaban J connectivity index is 2.30. The highest BCUT2D eigenvalue weighted by atomic mass is 16.5.